The van der Waals surface area contributed by atoms with E-state index in [0.717, 1.165) is 25.9 Å². The first-order chi connectivity index (χ1) is 7.52. The lowest BCUT2D eigenvalue weighted by Gasteiger charge is -2.26. The molecule has 0 radical (unpaired) electrons. The van der Waals surface area contributed by atoms with Gasteiger partial charge in [0, 0.05) is 40.0 Å². The zero-order chi connectivity index (χ0) is 12.6. The van der Waals surface area contributed by atoms with Crippen molar-refractivity contribution >= 4 is 11.8 Å². The minimum Gasteiger partial charge on any atom is -0.341 e. The number of nitrogens with zero attached hydrogens (tertiary/aromatic N) is 2. The molecular formula is C12H24N2O2. The molecule has 0 heterocycles. The van der Waals surface area contributed by atoms with Gasteiger partial charge in [0.25, 0.3) is 0 Å². The largest absolute Gasteiger partial charge is 0.341 e. The molecule has 0 aliphatic rings. The SMILES string of the molecule is CCCN(CCN(CCC)C(C)=O)C(C)=O. The van der Waals surface area contributed by atoms with Gasteiger partial charge in [-0.3, -0.25) is 9.59 Å². The fourth-order valence-electron chi connectivity index (χ4n) is 1.63. The third-order valence-corrected chi connectivity index (χ3v) is 2.52. The number of hydrogen-bond acceptors (Lipinski definition) is 2. The van der Waals surface area contributed by atoms with Gasteiger partial charge < -0.3 is 9.80 Å². The van der Waals surface area contributed by atoms with Gasteiger partial charge in [-0.1, -0.05) is 13.8 Å². The first-order valence-electron chi connectivity index (χ1n) is 6.03. The van der Waals surface area contributed by atoms with Crippen LogP contribution in [0.3, 0.4) is 0 Å². The smallest absolute Gasteiger partial charge is 0.219 e. The van der Waals surface area contributed by atoms with Crippen molar-refractivity contribution in [2.75, 3.05) is 26.2 Å². The summed E-state index contributed by atoms with van der Waals surface area (Å²) in [4.78, 5) is 26.2. The molecular weight excluding hydrogens is 204 g/mol. The summed E-state index contributed by atoms with van der Waals surface area (Å²) in [5.41, 5.74) is 0. The lowest BCUT2D eigenvalue weighted by atomic mass is 10.3. The van der Waals surface area contributed by atoms with Gasteiger partial charge in [-0.25, -0.2) is 0 Å². The summed E-state index contributed by atoms with van der Waals surface area (Å²) in [6, 6.07) is 0. The summed E-state index contributed by atoms with van der Waals surface area (Å²) in [6.45, 7) is 10.1. The molecule has 0 aliphatic heterocycles. The average Bonchev–Trinajstić information content (AvgIpc) is 2.21. The molecule has 0 rings (SSSR count). The van der Waals surface area contributed by atoms with Crippen LogP contribution in [0.25, 0.3) is 0 Å². The van der Waals surface area contributed by atoms with Gasteiger partial charge in [0.1, 0.15) is 0 Å². The van der Waals surface area contributed by atoms with Crippen LogP contribution in [0.1, 0.15) is 40.5 Å². The van der Waals surface area contributed by atoms with E-state index >= 15 is 0 Å². The van der Waals surface area contributed by atoms with E-state index in [1.165, 1.54) is 0 Å². The van der Waals surface area contributed by atoms with Crippen molar-refractivity contribution in [1.29, 1.82) is 0 Å². The first kappa shape index (κ1) is 14.9. The second-order valence-electron chi connectivity index (χ2n) is 4.01. The van der Waals surface area contributed by atoms with Gasteiger partial charge in [-0.2, -0.15) is 0 Å². The quantitative estimate of drug-likeness (QED) is 0.662. The van der Waals surface area contributed by atoms with Crippen LogP contribution >= 0.6 is 0 Å². The maximum atomic E-state index is 11.3. The molecule has 0 saturated heterocycles. The molecule has 0 aromatic carbocycles. The molecule has 0 aromatic rings. The molecule has 0 bridgehead atoms. The Balaban J connectivity index is 4.14. The highest BCUT2D eigenvalue weighted by atomic mass is 16.2. The standard InChI is InChI=1S/C12H24N2O2/c1-5-7-13(11(3)15)9-10-14(8-6-2)12(4)16/h5-10H2,1-4H3. The Bertz CT molecular complexity index is 205. The molecule has 0 unspecified atom stereocenters. The summed E-state index contributed by atoms with van der Waals surface area (Å²) >= 11 is 0. The predicted octanol–water partition coefficient (Wildman–Crippen LogP) is 1.50. The van der Waals surface area contributed by atoms with Crippen LogP contribution in [0.5, 0.6) is 0 Å². The Kier molecular flexibility index (Phi) is 7.60. The fourth-order valence-corrected chi connectivity index (χ4v) is 1.63. The van der Waals surface area contributed by atoms with E-state index in [4.69, 9.17) is 0 Å². The summed E-state index contributed by atoms with van der Waals surface area (Å²) in [6.07, 6.45) is 1.90. The van der Waals surface area contributed by atoms with Crippen molar-refractivity contribution in [3.05, 3.63) is 0 Å². The van der Waals surface area contributed by atoms with E-state index in [2.05, 4.69) is 0 Å². The lowest BCUT2D eigenvalue weighted by Crippen LogP contribution is -2.40. The van der Waals surface area contributed by atoms with Gasteiger partial charge in [-0.15, -0.1) is 0 Å². The van der Waals surface area contributed by atoms with Crippen LogP contribution in [0.4, 0.5) is 0 Å². The van der Waals surface area contributed by atoms with Crippen LogP contribution in [0, 0.1) is 0 Å². The van der Waals surface area contributed by atoms with Crippen molar-refractivity contribution in [1.82, 2.24) is 9.80 Å². The Morgan fingerprint density at radius 2 is 1.06 bits per heavy atom. The Labute approximate surface area is 98.6 Å². The van der Waals surface area contributed by atoms with Crippen LogP contribution in [0.2, 0.25) is 0 Å². The summed E-state index contributed by atoms with van der Waals surface area (Å²) in [7, 11) is 0. The van der Waals surface area contributed by atoms with E-state index in [9.17, 15) is 9.59 Å². The number of hydrogen-bond donors (Lipinski definition) is 0. The molecule has 4 nitrogen and oxygen atoms in total. The van der Waals surface area contributed by atoms with Gasteiger partial charge in [0.15, 0.2) is 0 Å². The van der Waals surface area contributed by atoms with E-state index in [0.29, 0.717) is 13.1 Å². The van der Waals surface area contributed by atoms with Crippen LogP contribution in [0.15, 0.2) is 0 Å². The Hall–Kier alpha value is -1.06. The number of rotatable bonds is 7. The van der Waals surface area contributed by atoms with E-state index in [-0.39, 0.29) is 11.8 Å². The van der Waals surface area contributed by atoms with E-state index < -0.39 is 0 Å². The number of carbonyl (C=O) groups is 2. The molecule has 0 N–H and O–H groups in total. The first-order valence-corrected chi connectivity index (χ1v) is 6.03. The Morgan fingerprint density at radius 3 is 1.25 bits per heavy atom. The van der Waals surface area contributed by atoms with Gasteiger partial charge in [-0.05, 0) is 12.8 Å². The van der Waals surface area contributed by atoms with Crippen molar-refractivity contribution in [2.24, 2.45) is 0 Å². The molecule has 0 saturated carbocycles. The van der Waals surface area contributed by atoms with Crippen LogP contribution in [-0.2, 0) is 9.59 Å². The fraction of sp³-hybridized carbons (Fsp3) is 0.833. The summed E-state index contributed by atoms with van der Waals surface area (Å²) in [5.74, 6) is 0.170. The molecule has 4 heteroatoms. The zero-order valence-electron chi connectivity index (χ0n) is 11.0. The van der Waals surface area contributed by atoms with Crippen molar-refractivity contribution in [3.8, 4) is 0 Å². The minimum atomic E-state index is 0.0850. The normalized spacial score (nSPS) is 10.0. The summed E-state index contributed by atoms with van der Waals surface area (Å²) in [5, 5.41) is 0. The van der Waals surface area contributed by atoms with Crippen molar-refractivity contribution in [2.45, 2.75) is 40.5 Å². The van der Waals surface area contributed by atoms with Crippen molar-refractivity contribution in [3.63, 3.8) is 0 Å². The highest BCUT2D eigenvalue weighted by Crippen LogP contribution is 1.97. The molecule has 16 heavy (non-hydrogen) atoms. The van der Waals surface area contributed by atoms with Gasteiger partial charge in [0.05, 0.1) is 0 Å². The van der Waals surface area contributed by atoms with E-state index in [1.54, 1.807) is 23.6 Å². The third-order valence-electron chi connectivity index (χ3n) is 2.52. The number of amides is 2. The van der Waals surface area contributed by atoms with Crippen LogP contribution < -0.4 is 0 Å². The lowest BCUT2D eigenvalue weighted by molar-refractivity contribution is -0.132. The molecule has 0 atom stereocenters. The van der Waals surface area contributed by atoms with Gasteiger partial charge >= 0.3 is 0 Å². The molecule has 0 aliphatic carbocycles. The molecule has 0 fully saturated rings. The topological polar surface area (TPSA) is 40.6 Å². The average molecular weight is 228 g/mol. The monoisotopic (exact) mass is 228 g/mol. The second kappa shape index (κ2) is 8.13. The molecule has 0 aromatic heterocycles. The van der Waals surface area contributed by atoms with Gasteiger partial charge in [0.2, 0.25) is 11.8 Å². The maximum absolute atomic E-state index is 11.3. The highest BCUT2D eigenvalue weighted by Gasteiger charge is 2.11. The zero-order valence-corrected chi connectivity index (χ0v) is 11.0. The maximum Gasteiger partial charge on any atom is 0.219 e. The summed E-state index contributed by atoms with van der Waals surface area (Å²) < 4.78 is 0. The second-order valence-corrected chi connectivity index (χ2v) is 4.01. The third kappa shape index (κ3) is 5.73. The van der Waals surface area contributed by atoms with Crippen molar-refractivity contribution < 1.29 is 9.59 Å². The number of carbonyl (C=O) groups excluding carboxylic acids is 2. The molecule has 94 valence electrons. The predicted molar refractivity (Wildman–Crippen MR) is 65.1 cm³/mol. The minimum absolute atomic E-state index is 0.0850. The van der Waals surface area contributed by atoms with Crippen LogP contribution in [-0.4, -0.2) is 47.8 Å². The van der Waals surface area contributed by atoms with E-state index in [1.807, 2.05) is 13.8 Å². The molecule has 0 spiro atoms. The Morgan fingerprint density at radius 1 is 0.750 bits per heavy atom. The highest BCUT2D eigenvalue weighted by molar-refractivity contribution is 5.74. The molecule has 2 amide bonds.